The van der Waals surface area contributed by atoms with E-state index in [-0.39, 0.29) is 0 Å². The predicted molar refractivity (Wildman–Crippen MR) is 178 cm³/mol. The third kappa shape index (κ3) is 3.21. The van der Waals surface area contributed by atoms with Gasteiger partial charge in [0, 0.05) is 32.7 Å². The quantitative estimate of drug-likeness (QED) is 0.215. The van der Waals surface area contributed by atoms with E-state index in [9.17, 15) is 0 Å². The Balaban J connectivity index is 1.23. The highest BCUT2D eigenvalue weighted by molar-refractivity contribution is 6.30. The van der Waals surface area contributed by atoms with E-state index in [1.54, 1.807) is 0 Å². The monoisotopic (exact) mass is 562 g/mol. The van der Waals surface area contributed by atoms with Crippen LogP contribution in [-0.4, -0.2) is 19.4 Å². The largest absolute Gasteiger partial charge is 0.443 e. The Morgan fingerprint density at radius 3 is 2.20 bits per heavy atom. The topological polar surface area (TPSA) is 56.2 Å². The van der Waals surface area contributed by atoms with Crippen LogP contribution in [0.5, 0.6) is 0 Å². The molecule has 0 radical (unpaired) electrons. The first kappa shape index (κ1) is 23.5. The van der Waals surface area contributed by atoms with E-state index in [4.69, 9.17) is 14.4 Å². The molecular formula is C39H22N4O. The fourth-order valence-electron chi connectivity index (χ4n) is 6.92. The average Bonchev–Trinajstić information content (AvgIpc) is 3.79. The standard InChI is InChI=1S/C39H22N4O/c1-2-9-23(10-3-1)24-11-8-12-25(19-24)36-27-13-4-6-15-31(27)41-39(42-36)26-17-18-34-29(20-26)30-21-32-38(44-22-40-32)35-28-14-5-7-16-33(28)43(34)37(30)35/h1-22H. The summed E-state index contributed by atoms with van der Waals surface area (Å²) < 4.78 is 8.27. The summed E-state index contributed by atoms with van der Waals surface area (Å²) in [6.45, 7) is 0. The molecule has 5 heteroatoms. The van der Waals surface area contributed by atoms with Gasteiger partial charge in [0.25, 0.3) is 0 Å². The summed E-state index contributed by atoms with van der Waals surface area (Å²) in [6.07, 6.45) is 1.54. The highest BCUT2D eigenvalue weighted by Crippen LogP contribution is 2.43. The third-order valence-electron chi connectivity index (χ3n) is 8.87. The molecule has 0 unspecified atom stereocenters. The van der Waals surface area contributed by atoms with Gasteiger partial charge in [-0.1, -0.05) is 84.9 Å². The van der Waals surface area contributed by atoms with Gasteiger partial charge in [0.05, 0.1) is 33.1 Å². The SMILES string of the molecule is c1ccc(-c2cccc(-c3nc(-c4ccc5c(c4)c4cc6ncoc6c6c7ccccc7n5c46)nc4ccccc34)c2)cc1. The number of hydrogen-bond acceptors (Lipinski definition) is 4. The van der Waals surface area contributed by atoms with Crippen molar-refractivity contribution < 1.29 is 4.42 Å². The van der Waals surface area contributed by atoms with Crippen molar-refractivity contribution in [3.8, 4) is 33.8 Å². The van der Waals surface area contributed by atoms with Crippen LogP contribution in [0.4, 0.5) is 0 Å². The second-order valence-corrected chi connectivity index (χ2v) is 11.3. The predicted octanol–water partition coefficient (Wildman–Crippen LogP) is 9.92. The normalized spacial score (nSPS) is 12.1. The van der Waals surface area contributed by atoms with Crippen molar-refractivity contribution in [1.29, 1.82) is 0 Å². The molecule has 0 fully saturated rings. The number of aromatic nitrogens is 4. The van der Waals surface area contributed by atoms with Crippen molar-refractivity contribution in [2.75, 3.05) is 0 Å². The van der Waals surface area contributed by atoms with Gasteiger partial charge in [0.1, 0.15) is 5.52 Å². The van der Waals surface area contributed by atoms with Crippen molar-refractivity contribution >= 4 is 60.1 Å². The molecule has 0 aliphatic carbocycles. The number of benzene rings is 6. The number of oxazole rings is 1. The Morgan fingerprint density at radius 2 is 1.27 bits per heavy atom. The van der Waals surface area contributed by atoms with Crippen LogP contribution in [0.2, 0.25) is 0 Å². The molecule has 0 spiro atoms. The second kappa shape index (κ2) is 8.72. The molecule has 0 saturated carbocycles. The van der Waals surface area contributed by atoms with Gasteiger partial charge in [0.2, 0.25) is 0 Å². The average molecular weight is 563 g/mol. The summed E-state index contributed by atoms with van der Waals surface area (Å²) in [7, 11) is 0. The Labute approximate surface area is 251 Å². The Kier molecular flexibility index (Phi) is 4.66. The van der Waals surface area contributed by atoms with Crippen LogP contribution in [0.1, 0.15) is 0 Å². The molecule has 10 rings (SSSR count). The van der Waals surface area contributed by atoms with Gasteiger partial charge in [-0.05, 0) is 53.6 Å². The van der Waals surface area contributed by atoms with Crippen LogP contribution in [0.15, 0.2) is 138 Å². The van der Waals surface area contributed by atoms with Gasteiger partial charge >= 0.3 is 0 Å². The number of fused-ring (bicyclic) bond motifs is 9. The minimum Gasteiger partial charge on any atom is -0.443 e. The molecule has 0 N–H and O–H groups in total. The van der Waals surface area contributed by atoms with E-state index < -0.39 is 0 Å². The van der Waals surface area contributed by atoms with E-state index in [1.807, 2.05) is 12.1 Å². The minimum absolute atomic E-state index is 0.701. The zero-order chi connectivity index (χ0) is 28.8. The smallest absolute Gasteiger partial charge is 0.182 e. The maximum absolute atomic E-state index is 5.92. The molecule has 0 saturated heterocycles. The van der Waals surface area contributed by atoms with Gasteiger partial charge in [0.15, 0.2) is 17.8 Å². The van der Waals surface area contributed by atoms with Crippen LogP contribution < -0.4 is 0 Å². The van der Waals surface area contributed by atoms with Gasteiger partial charge in [-0.15, -0.1) is 0 Å². The molecule has 44 heavy (non-hydrogen) atoms. The molecule has 0 aliphatic heterocycles. The molecule has 4 heterocycles. The van der Waals surface area contributed by atoms with Crippen LogP contribution in [0.25, 0.3) is 93.9 Å². The summed E-state index contributed by atoms with van der Waals surface area (Å²) >= 11 is 0. The van der Waals surface area contributed by atoms with Gasteiger partial charge in [-0.3, -0.25) is 0 Å². The number of hydrogen-bond donors (Lipinski definition) is 0. The fourth-order valence-corrected chi connectivity index (χ4v) is 6.92. The second-order valence-electron chi connectivity index (χ2n) is 11.3. The summed E-state index contributed by atoms with van der Waals surface area (Å²) in [5.41, 5.74) is 11.3. The lowest BCUT2D eigenvalue weighted by atomic mass is 9.99. The molecule has 10 aromatic rings. The molecule has 0 bridgehead atoms. The lowest BCUT2D eigenvalue weighted by Crippen LogP contribution is -1.95. The van der Waals surface area contributed by atoms with Gasteiger partial charge in [-0.25, -0.2) is 15.0 Å². The Hall–Kier alpha value is -6.07. The first-order valence-corrected chi connectivity index (χ1v) is 14.7. The molecular weight excluding hydrogens is 540 g/mol. The van der Waals surface area contributed by atoms with Crippen LogP contribution >= 0.6 is 0 Å². The van der Waals surface area contributed by atoms with E-state index in [0.29, 0.717) is 5.82 Å². The highest BCUT2D eigenvalue weighted by Gasteiger charge is 2.22. The van der Waals surface area contributed by atoms with E-state index in [1.165, 1.54) is 17.3 Å². The van der Waals surface area contributed by atoms with Gasteiger partial charge in [-0.2, -0.15) is 0 Å². The van der Waals surface area contributed by atoms with E-state index in [2.05, 4.69) is 125 Å². The van der Waals surface area contributed by atoms with Gasteiger partial charge < -0.3 is 8.82 Å². The lowest BCUT2D eigenvalue weighted by molar-refractivity contribution is 0.605. The summed E-state index contributed by atoms with van der Waals surface area (Å²) in [4.78, 5) is 14.9. The summed E-state index contributed by atoms with van der Waals surface area (Å²) in [5.74, 6) is 0.701. The number of para-hydroxylation sites is 2. The number of rotatable bonds is 3. The van der Waals surface area contributed by atoms with Crippen molar-refractivity contribution in [3.63, 3.8) is 0 Å². The molecule has 5 nitrogen and oxygen atoms in total. The highest BCUT2D eigenvalue weighted by atomic mass is 16.3. The van der Waals surface area contributed by atoms with Crippen molar-refractivity contribution in [3.05, 3.63) is 134 Å². The first-order valence-electron chi connectivity index (χ1n) is 14.7. The molecule has 0 aliphatic rings. The first-order chi connectivity index (χ1) is 21.8. The molecule has 0 amide bonds. The zero-order valence-corrected chi connectivity index (χ0v) is 23.4. The summed E-state index contributed by atoms with van der Waals surface area (Å²) in [5, 5.41) is 5.59. The maximum atomic E-state index is 5.92. The van der Waals surface area contributed by atoms with E-state index >= 15 is 0 Å². The van der Waals surface area contributed by atoms with Crippen molar-refractivity contribution in [2.45, 2.75) is 0 Å². The molecule has 0 atom stereocenters. The Morgan fingerprint density at radius 1 is 0.500 bits per heavy atom. The van der Waals surface area contributed by atoms with Crippen LogP contribution in [0, 0.1) is 0 Å². The lowest BCUT2D eigenvalue weighted by Gasteiger charge is -2.11. The van der Waals surface area contributed by atoms with Crippen LogP contribution in [-0.2, 0) is 0 Å². The summed E-state index contributed by atoms with van der Waals surface area (Å²) in [6, 6.07) is 44.5. The zero-order valence-electron chi connectivity index (χ0n) is 23.4. The van der Waals surface area contributed by atoms with Crippen molar-refractivity contribution in [1.82, 2.24) is 19.4 Å². The van der Waals surface area contributed by atoms with Crippen molar-refractivity contribution in [2.24, 2.45) is 0 Å². The maximum Gasteiger partial charge on any atom is 0.182 e. The molecule has 204 valence electrons. The Bertz CT molecular complexity index is 2720. The third-order valence-corrected chi connectivity index (χ3v) is 8.87. The molecule has 4 aromatic heterocycles. The fraction of sp³-hybridized carbons (Fsp3) is 0. The molecule has 6 aromatic carbocycles. The van der Waals surface area contributed by atoms with Crippen LogP contribution in [0.3, 0.4) is 0 Å². The minimum atomic E-state index is 0.701. The van der Waals surface area contributed by atoms with E-state index in [0.717, 1.165) is 77.1 Å². The number of nitrogens with zero attached hydrogens (tertiary/aromatic N) is 4.